The summed E-state index contributed by atoms with van der Waals surface area (Å²) in [6.07, 6.45) is 20.5. The normalized spacial score (nSPS) is 19.0. The molecule has 10 radical (unpaired) electrons. The van der Waals surface area contributed by atoms with Crippen LogP contribution in [0.5, 0.6) is 0 Å². The Balaban J connectivity index is 0. The van der Waals surface area contributed by atoms with Crippen molar-refractivity contribution in [3.8, 4) is 0 Å². The van der Waals surface area contributed by atoms with E-state index in [1.54, 1.807) is 0 Å². The first-order valence-electron chi connectivity index (χ1n) is 3.51. The van der Waals surface area contributed by atoms with Gasteiger partial charge in [0, 0.05) is 0 Å². The van der Waals surface area contributed by atoms with E-state index in [2.05, 4.69) is 20.0 Å². The van der Waals surface area contributed by atoms with Crippen LogP contribution in [-0.2, 0) is 33.4 Å². The molecule has 2 aliphatic carbocycles. The standard InChI is InChI=1S/C5H5.C5H4.BrH.Fe.Zn/c2*1-2-4-5-3-1;;;/h1-5H;1-4H;1H;;/q;-1;;2*+2/p-1. The third-order valence-electron chi connectivity index (χ3n) is 1.05. The molecule has 13 heavy (non-hydrogen) atoms. The van der Waals surface area contributed by atoms with Crippen LogP contribution in [-0.4, -0.2) is 0 Å². The van der Waals surface area contributed by atoms with Crippen LogP contribution in [0.25, 0.3) is 0 Å². The zero-order chi connectivity index (χ0) is 9.07. The molecule has 0 aliphatic heterocycles. The molecule has 2 saturated carbocycles. The van der Waals surface area contributed by atoms with Crippen molar-refractivity contribution in [1.82, 2.24) is 0 Å². The first kappa shape index (κ1) is 17.0. The van der Waals surface area contributed by atoms with Gasteiger partial charge in [0.05, 0.1) is 0 Å². The molecule has 0 aromatic rings. The average Bonchev–Trinajstić information content (AvgIpc) is 2.87. The number of hydrogen-bond acceptors (Lipinski definition) is 0. The van der Waals surface area contributed by atoms with Crippen molar-refractivity contribution in [2.24, 2.45) is 0 Å². The second-order valence-corrected chi connectivity index (χ2v) is 1.85. The summed E-state index contributed by atoms with van der Waals surface area (Å²) in [5.41, 5.74) is 0. The van der Waals surface area contributed by atoms with E-state index in [0.717, 1.165) is 0 Å². The summed E-state index contributed by atoms with van der Waals surface area (Å²) in [7, 11) is 0. The molecule has 0 aromatic carbocycles. The van der Waals surface area contributed by atoms with Crippen LogP contribution in [0, 0.1) is 64.2 Å². The van der Waals surface area contributed by atoms with Crippen molar-refractivity contribution < 1.29 is 33.4 Å². The van der Waals surface area contributed by atoms with Crippen molar-refractivity contribution >= 4 is 13.6 Å². The summed E-state index contributed by atoms with van der Waals surface area (Å²) in [5, 5.41) is 0. The van der Waals surface area contributed by atoms with Crippen molar-refractivity contribution in [2.75, 3.05) is 0 Å². The fourth-order valence-corrected chi connectivity index (χ4v) is 0.599. The van der Waals surface area contributed by atoms with Gasteiger partial charge < -0.3 is 6.42 Å². The molecule has 0 atom stereocenters. The van der Waals surface area contributed by atoms with Gasteiger partial charge in [0.15, 0.2) is 0 Å². The maximum atomic E-state index is 3.06. The van der Waals surface area contributed by atoms with E-state index in [0.29, 0.717) is 0 Å². The second kappa shape index (κ2) is 16.1. The zero-order valence-electron chi connectivity index (χ0n) is 7.13. The molecule has 0 amide bonds. The van der Waals surface area contributed by atoms with Gasteiger partial charge in [-0.2, -0.15) is 0 Å². The summed E-state index contributed by atoms with van der Waals surface area (Å²) >= 11 is 4.25. The Morgan fingerprint density at radius 3 is 1.15 bits per heavy atom. The van der Waals surface area contributed by atoms with Crippen molar-refractivity contribution in [3.05, 3.63) is 64.2 Å². The second-order valence-electron chi connectivity index (χ2n) is 1.85. The predicted octanol–water partition coefficient (Wildman–Crippen LogP) is 2.76. The molecule has 0 bridgehead atoms. The SMILES string of the molecule is [C-]1[CH][CH][CH][CH]1.[CH]1[CH][CH][CH][CH]1.[Fe+2].[Zn+][Br]. The molecule has 2 rings (SSSR count). The summed E-state index contributed by atoms with van der Waals surface area (Å²) in [6.45, 7) is 0. The van der Waals surface area contributed by atoms with Crippen LogP contribution in [0.2, 0.25) is 0 Å². The fraction of sp³-hybridized carbons (Fsp3) is 0. The predicted molar refractivity (Wildman–Crippen MR) is 50.9 cm³/mol. The van der Waals surface area contributed by atoms with Crippen LogP contribution in [0.4, 0.5) is 0 Å². The van der Waals surface area contributed by atoms with E-state index in [1.807, 2.05) is 57.8 Å². The van der Waals surface area contributed by atoms with Gasteiger partial charge in [0.1, 0.15) is 0 Å². The molecule has 64 valence electrons. The molecule has 0 aromatic heterocycles. The van der Waals surface area contributed by atoms with Gasteiger partial charge in [-0.15, -0.1) is 0 Å². The Kier molecular flexibility index (Phi) is 21.1. The van der Waals surface area contributed by atoms with Gasteiger partial charge in [-0.25, -0.2) is 12.8 Å². The van der Waals surface area contributed by atoms with Gasteiger partial charge in [0.2, 0.25) is 0 Å². The van der Waals surface area contributed by atoms with Crippen molar-refractivity contribution in [2.45, 2.75) is 0 Å². The Bertz CT molecular complexity index is 48.1. The molecule has 2 aliphatic rings. The minimum atomic E-state index is 0. The molecule has 2 fully saturated rings. The van der Waals surface area contributed by atoms with E-state index in [1.165, 1.54) is 16.3 Å². The Labute approximate surface area is 111 Å². The summed E-state index contributed by atoms with van der Waals surface area (Å²) < 4.78 is 0. The molecular weight excluding hydrogens is 321 g/mol. The van der Waals surface area contributed by atoms with Gasteiger partial charge in [-0.1, -0.05) is 12.8 Å². The third-order valence-corrected chi connectivity index (χ3v) is 1.05. The third kappa shape index (κ3) is 13.6. The van der Waals surface area contributed by atoms with Gasteiger partial charge in [-0.05, 0) is 32.1 Å². The zero-order valence-corrected chi connectivity index (χ0v) is 12.8. The Morgan fingerprint density at radius 1 is 0.692 bits per heavy atom. The van der Waals surface area contributed by atoms with Crippen molar-refractivity contribution in [1.29, 1.82) is 0 Å². The van der Waals surface area contributed by atoms with Crippen LogP contribution in [0.15, 0.2) is 0 Å². The van der Waals surface area contributed by atoms with E-state index >= 15 is 0 Å². The van der Waals surface area contributed by atoms with Gasteiger partial charge >= 0.3 is 47.0 Å². The maximum absolute atomic E-state index is 3.06. The van der Waals surface area contributed by atoms with Crippen LogP contribution >= 0.6 is 13.6 Å². The molecule has 0 spiro atoms. The van der Waals surface area contributed by atoms with Crippen molar-refractivity contribution in [3.63, 3.8) is 0 Å². The first-order chi connectivity index (χ1) is 6.00. The summed E-state index contributed by atoms with van der Waals surface area (Å²) in [4.78, 5) is 0. The Morgan fingerprint density at radius 2 is 1.00 bits per heavy atom. The molecule has 0 N–H and O–H groups in total. The summed E-state index contributed by atoms with van der Waals surface area (Å²) in [6, 6.07) is 0. The average molecular weight is 330 g/mol. The molecule has 0 saturated heterocycles. The van der Waals surface area contributed by atoms with Crippen LogP contribution in [0.1, 0.15) is 0 Å². The van der Waals surface area contributed by atoms with E-state index in [9.17, 15) is 0 Å². The molecule has 0 heterocycles. The molecule has 0 nitrogen and oxygen atoms in total. The molecule has 0 unspecified atom stereocenters. The number of rotatable bonds is 0. The monoisotopic (exact) mass is 328 g/mol. The minimum absolute atomic E-state index is 0. The quantitative estimate of drug-likeness (QED) is 0.473. The van der Waals surface area contributed by atoms with E-state index in [-0.39, 0.29) is 17.1 Å². The van der Waals surface area contributed by atoms with Gasteiger partial charge in [0.25, 0.3) is 0 Å². The van der Waals surface area contributed by atoms with Crippen LogP contribution < -0.4 is 0 Å². The van der Waals surface area contributed by atoms with Gasteiger partial charge in [-0.3, -0.25) is 0 Å². The van der Waals surface area contributed by atoms with Crippen LogP contribution in [0.3, 0.4) is 0 Å². The number of halogens is 1. The number of hydrogen-bond donors (Lipinski definition) is 0. The van der Waals surface area contributed by atoms with E-state index in [4.69, 9.17) is 0 Å². The Hall–Kier alpha value is 1.62. The fourth-order valence-electron chi connectivity index (χ4n) is 0.599. The topological polar surface area (TPSA) is 0 Å². The molecule has 3 heteroatoms. The molecular formula is C10H9BrFeZn+2. The van der Waals surface area contributed by atoms with E-state index < -0.39 is 0 Å². The summed E-state index contributed by atoms with van der Waals surface area (Å²) in [5.74, 6) is 0. The first-order valence-corrected chi connectivity index (χ1v) is 10.5.